The van der Waals surface area contributed by atoms with Crippen molar-refractivity contribution < 1.29 is 0 Å². The number of hydrogen-bond donors (Lipinski definition) is 1. The first-order valence-corrected chi connectivity index (χ1v) is 10.1. The number of benzene rings is 2. The predicted molar refractivity (Wildman–Crippen MR) is 107 cm³/mol. The normalized spacial score (nSPS) is 16.8. The lowest BCUT2D eigenvalue weighted by Crippen LogP contribution is -2.34. The van der Waals surface area contributed by atoms with E-state index < -0.39 is 0 Å². The number of hydrogen-bond acceptors (Lipinski definition) is 3. The summed E-state index contributed by atoms with van der Waals surface area (Å²) < 4.78 is 0. The molecule has 2 aromatic rings. The minimum atomic E-state index is 0.263. The van der Waals surface area contributed by atoms with Gasteiger partial charge in [0.2, 0.25) is 0 Å². The van der Waals surface area contributed by atoms with Gasteiger partial charge in [-0.15, -0.1) is 0 Å². The molecule has 128 valence electrons. The van der Waals surface area contributed by atoms with E-state index in [0.29, 0.717) is 0 Å². The van der Waals surface area contributed by atoms with Gasteiger partial charge in [-0.3, -0.25) is 0 Å². The Kier molecular flexibility index (Phi) is 6.47. The fraction of sp³-hybridized carbons (Fsp3) is 0.400. The summed E-state index contributed by atoms with van der Waals surface area (Å²) in [5.74, 6) is 2.57. The molecule has 0 amide bonds. The van der Waals surface area contributed by atoms with Crippen LogP contribution >= 0.6 is 23.4 Å². The average molecular weight is 361 g/mol. The molecule has 2 aromatic carbocycles. The molecule has 1 N–H and O–H groups in total. The van der Waals surface area contributed by atoms with Crippen LogP contribution in [0, 0.1) is 0 Å². The predicted octanol–water partition coefficient (Wildman–Crippen LogP) is 5.10. The molecule has 0 bridgehead atoms. The molecule has 4 heteroatoms. The molecule has 2 nitrogen and oxygen atoms in total. The van der Waals surface area contributed by atoms with Crippen molar-refractivity contribution >= 4 is 29.1 Å². The fourth-order valence-electron chi connectivity index (χ4n) is 2.96. The quantitative estimate of drug-likeness (QED) is 0.771. The van der Waals surface area contributed by atoms with Crippen LogP contribution in [0.1, 0.15) is 24.1 Å². The number of nitrogens with zero attached hydrogens (tertiary/aromatic N) is 1. The van der Waals surface area contributed by atoms with Crippen LogP contribution < -0.4 is 5.32 Å². The molecule has 1 aliphatic heterocycles. The van der Waals surface area contributed by atoms with E-state index in [0.717, 1.165) is 17.1 Å². The monoisotopic (exact) mass is 360 g/mol. The Bertz CT molecular complexity index is 621. The lowest BCUT2D eigenvalue weighted by Gasteiger charge is -2.26. The van der Waals surface area contributed by atoms with Gasteiger partial charge in [0, 0.05) is 47.9 Å². The molecular weight excluding hydrogens is 336 g/mol. The summed E-state index contributed by atoms with van der Waals surface area (Å²) in [7, 11) is 0. The SMILES string of the molecule is CC(Nc1ccc(CCN2CCSCC2)cc1)c1ccc(Cl)cc1. The number of nitrogens with one attached hydrogen (secondary N) is 1. The second-order valence-electron chi connectivity index (χ2n) is 6.32. The van der Waals surface area contributed by atoms with Crippen molar-refractivity contribution in [3.05, 3.63) is 64.7 Å². The molecule has 1 atom stereocenters. The highest BCUT2D eigenvalue weighted by molar-refractivity contribution is 7.99. The van der Waals surface area contributed by atoms with E-state index in [4.69, 9.17) is 11.6 Å². The van der Waals surface area contributed by atoms with Gasteiger partial charge in [0.25, 0.3) is 0 Å². The van der Waals surface area contributed by atoms with Gasteiger partial charge in [0.1, 0.15) is 0 Å². The van der Waals surface area contributed by atoms with Crippen LogP contribution in [-0.2, 0) is 6.42 Å². The van der Waals surface area contributed by atoms with Crippen molar-refractivity contribution in [1.29, 1.82) is 0 Å². The van der Waals surface area contributed by atoms with E-state index in [1.165, 1.54) is 42.3 Å². The van der Waals surface area contributed by atoms with Crippen LogP contribution in [0.2, 0.25) is 5.02 Å². The standard InChI is InChI=1S/C20H25ClN2S/c1-16(18-4-6-19(21)7-5-18)22-20-8-2-17(3-9-20)10-11-23-12-14-24-15-13-23/h2-9,16,22H,10-15H2,1H3. The van der Waals surface area contributed by atoms with Gasteiger partial charge in [-0.1, -0.05) is 35.9 Å². The second-order valence-corrected chi connectivity index (χ2v) is 7.98. The van der Waals surface area contributed by atoms with Crippen LogP contribution in [-0.4, -0.2) is 36.0 Å². The van der Waals surface area contributed by atoms with E-state index in [-0.39, 0.29) is 6.04 Å². The van der Waals surface area contributed by atoms with E-state index in [1.807, 2.05) is 12.1 Å². The Morgan fingerprint density at radius 1 is 1.04 bits per heavy atom. The Labute approximate surface area is 154 Å². The third-order valence-electron chi connectivity index (χ3n) is 4.53. The maximum absolute atomic E-state index is 5.95. The van der Waals surface area contributed by atoms with E-state index in [1.54, 1.807) is 0 Å². The first-order chi connectivity index (χ1) is 11.7. The maximum atomic E-state index is 5.95. The summed E-state index contributed by atoms with van der Waals surface area (Å²) in [6, 6.07) is 17.2. The maximum Gasteiger partial charge on any atom is 0.0485 e. The van der Waals surface area contributed by atoms with Crippen molar-refractivity contribution in [3.63, 3.8) is 0 Å². The summed E-state index contributed by atoms with van der Waals surface area (Å²) in [6.07, 6.45) is 1.14. The van der Waals surface area contributed by atoms with Gasteiger partial charge in [0.15, 0.2) is 0 Å². The molecule has 0 spiro atoms. The van der Waals surface area contributed by atoms with Crippen molar-refractivity contribution in [2.75, 3.05) is 36.5 Å². The molecule has 24 heavy (non-hydrogen) atoms. The molecule has 1 unspecified atom stereocenters. The van der Waals surface area contributed by atoms with Gasteiger partial charge < -0.3 is 10.2 Å². The summed E-state index contributed by atoms with van der Waals surface area (Å²) in [6.45, 7) is 5.83. The number of halogens is 1. The third-order valence-corrected chi connectivity index (χ3v) is 5.72. The van der Waals surface area contributed by atoms with Crippen LogP contribution in [0.15, 0.2) is 48.5 Å². The number of rotatable bonds is 6. The summed E-state index contributed by atoms with van der Waals surface area (Å²) in [5, 5.41) is 4.33. The average Bonchev–Trinajstić information content (AvgIpc) is 2.62. The Morgan fingerprint density at radius 3 is 2.38 bits per heavy atom. The van der Waals surface area contributed by atoms with Crippen molar-refractivity contribution in [1.82, 2.24) is 4.90 Å². The lowest BCUT2D eigenvalue weighted by molar-refractivity contribution is 0.306. The fourth-order valence-corrected chi connectivity index (χ4v) is 4.07. The summed E-state index contributed by atoms with van der Waals surface area (Å²) in [5.41, 5.74) is 3.82. The molecule has 3 rings (SSSR count). The molecule has 1 heterocycles. The molecule has 1 aliphatic rings. The molecule has 0 saturated carbocycles. The van der Waals surface area contributed by atoms with E-state index in [2.05, 4.69) is 65.3 Å². The van der Waals surface area contributed by atoms with Gasteiger partial charge in [-0.05, 0) is 48.7 Å². The highest BCUT2D eigenvalue weighted by Crippen LogP contribution is 2.21. The zero-order valence-electron chi connectivity index (χ0n) is 14.2. The Morgan fingerprint density at radius 2 is 1.71 bits per heavy atom. The van der Waals surface area contributed by atoms with Gasteiger partial charge in [0.05, 0.1) is 0 Å². The highest BCUT2D eigenvalue weighted by Gasteiger charge is 2.10. The van der Waals surface area contributed by atoms with Crippen molar-refractivity contribution in [3.8, 4) is 0 Å². The van der Waals surface area contributed by atoms with Crippen molar-refractivity contribution in [2.45, 2.75) is 19.4 Å². The first kappa shape index (κ1) is 17.7. The molecular formula is C20H25ClN2S. The van der Waals surface area contributed by atoms with Crippen LogP contribution in [0.5, 0.6) is 0 Å². The van der Waals surface area contributed by atoms with Gasteiger partial charge >= 0.3 is 0 Å². The van der Waals surface area contributed by atoms with Crippen LogP contribution in [0.3, 0.4) is 0 Å². The Hall–Kier alpha value is -1.16. The van der Waals surface area contributed by atoms with Crippen molar-refractivity contribution in [2.24, 2.45) is 0 Å². The first-order valence-electron chi connectivity index (χ1n) is 8.62. The zero-order chi connectivity index (χ0) is 16.8. The topological polar surface area (TPSA) is 15.3 Å². The Balaban J connectivity index is 1.51. The van der Waals surface area contributed by atoms with E-state index >= 15 is 0 Å². The number of thioether (sulfide) groups is 1. The molecule has 1 fully saturated rings. The van der Waals surface area contributed by atoms with Gasteiger partial charge in [-0.25, -0.2) is 0 Å². The zero-order valence-corrected chi connectivity index (χ0v) is 15.7. The molecule has 0 aliphatic carbocycles. The third kappa shape index (κ3) is 5.17. The van der Waals surface area contributed by atoms with Crippen LogP contribution in [0.25, 0.3) is 0 Å². The molecule has 0 radical (unpaired) electrons. The largest absolute Gasteiger partial charge is 0.379 e. The number of anilines is 1. The summed E-state index contributed by atoms with van der Waals surface area (Å²) in [4.78, 5) is 2.57. The highest BCUT2D eigenvalue weighted by atomic mass is 35.5. The molecule has 0 aromatic heterocycles. The second kappa shape index (κ2) is 8.80. The molecule has 1 saturated heterocycles. The minimum Gasteiger partial charge on any atom is -0.379 e. The smallest absolute Gasteiger partial charge is 0.0485 e. The lowest BCUT2D eigenvalue weighted by atomic mass is 10.1. The van der Waals surface area contributed by atoms with Crippen LogP contribution in [0.4, 0.5) is 5.69 Å². The van der Waals surface area contributed by atoms with Gasteiger partial charge in [-0.2, -0.15) is 11.8 Å². The summed E-state index contributed by atoms with van der Waals surface area (Å²) >= 11 is 8.02. The van der Waals surface area contributed by atoms with E-state index in [9.17, 15) is 0 Å². The minimum absolute atomic E-state index is 0.263.